The molecule has 0 aliphatic carbocycles. The van der Waals surface area contributed by atoms with Gasteiger partial charge in [0, 0.05) is 30.6 Å². The van der Waals surface area contributed by atoms with Crippen molar-refractivity contribution in [2.24, 2.45) is 0 Å². The van der Waals surface area contributed by atoms with E-state index in [1.54, 1.807) is 12.1 Å². The van der Waals surface area contributed by atoms with E-state index >= 15 is 0 Å². The first-order valence-electron chi connectivity index (χ1n) is 12.4. The molecule has 196 valence electrons. The lowest BCUT2D eigenvalue weighted by molar-refractivity contribution is -0.112. The summed E-state index contributed by atoms with van der Waals surface area (Å²) < 4.78 is 17.7. The molecule has 0 saturated carbocycles. The summed E-state index contributed by atoms with van der Waals surface area (Å²) in [6, 6.07) is 14.7. The fourth-order valence-corrected chi connectivity index (χ4v) is 4.95. The van der Waals surface area contributed by atoms with Gasteiger partial charge in [-0.1, -0.05) is 45.0 Å². The molecule has 1 N–H and O–H groups in total. The topological polar surface area (TPSA) is 77.1 Å². The van der Waals surface area contributed by atoms with Gasteiger partial charge in [0.1, 0.15) is 12.4 Å². The van der Waals surface area contributed by atoms with Gasteiger partial charge in [-0.25, -0.2) is 0 Å². The minimum atomic E-state index is -0.734. The van der Waals surface area contributed by atoms with Gasteiger partial charge in [-0.05, 0) is 56.6 Å². The van der Waals surface area contributed by atoms with Crippen molar-refractivity contribution in [3.8, 4) is 11.5 Å². The number of carbonyl (C=O) groups excluding carboxylic acids is 2. The lowest BCUT2D eigenvalue weighted by Crippen LogP contribution is -2.38. The molecule has 1 amide bonds. The Morgan fingerprint density at radius 2 is 1.76 bits per heavy atom. The van der Waals surface area contributed by atoms with Gasteiger partial charge in [-0.3, -0.25) is 14.5 Å². The Morgan fingerprint density at radius 3 is 2.43 bits per heavy atom. The zero-order valence-corrected chi connectivity index (χ0v) is 23.3. The van der Waals surface area contributed by atoms with E-state index in [0.29, 0.717) is 39.2 Å². The van der Waals surface area contributed by atoms with Gasteiger partial charge in [0.05, 0.1) is 30.5 Å². The molecule has 0 spiro atoms. The number of benzene rings is 3. The van der Waals surface area contributed by atoms with E-state index < -0.39 is 11.7 Å². The number of hydrogen-bond acceptors (Lipinski definition) is 6. The van der Waals surface area contributed by atoms with Crippen molar-refractivity contribution in [2.45, 2.75) is 26.2 Å². The highest BCUT2D eigenvalue weighted by atomic mass is 79.9. The standard InChI is InChI=1S/C29H33BrN2O5/c1-29(2,3)19-17-23(30)27(35-4)24(18-19)31-28(34)26(33)22-9-10-25(21-8-6-5-7-20(21)22)37-16-13-32-11-14-36-15-12-32/h5-10,17-18H,11-16H2,1-4H3,(H,31,34). The fraction of sp³-hybridized carbons (Fsp3) is 0.379. The van der Waals surface area contributed by atoms with Crippen molar-refractivity contribution in [3.05, 3.63) is 64.1 Å². The van der Waals surface area contributed by atoms with Gasteiger partial charge >= 0.3 is 0 Å². The van der Waals surface area contributed by atoms with Crippen LogP contribution in [0.4, 0.5) is 5.69 Å². The number of Topliss-reactive ketones (excluding diaryl/α,β-unsaturated/α-hetero) is 1. The number of nitrogens with one attached hydrogen (secondary N) is 1. The molecule has 7 nitrogen and oxygen atoms in total. The number of nitrogens with zero attached hydrogens (tertiary/aromatic N) is 1. The predicted octanol–water partition coefficient (Wildman–Crippen LogP) is 5.44. The maximum absolute atomic E-state index is 13.3. The summed E-state index contributed by atoms with van der Waals surface area (Å²) in [7, 11) is 1.53. The molecule has 1 saturated heterocycles. The predicted molar refractivity (Wildman–Crippen MR) is 149 cm³/mol. The molecule has 3 aromatic carbocycles. The summed E-state index contributed by atoms with van der Waals surface area (Å²) in [5.41, 5.74) is 1.59. The monoisotopic (exact) mass is 568 g/mol. The van der Waals surface area contributed by atoms with Crippen LogP contribution >= 0.6 is 15.9 Å². The van der Waals surface area contributed by atoms with Crippen LogP contribution in [0, 0.1) is 0 Å². The smallest absolute Gasteiger partial charge is 0.296 e. The van der Waals surface area contributed by atoms with Crippen molar-refractivity contribution in [1.29, 1.82) is 0 Å². The van der Waals surface area contributed by atoms with Crippen LogP contribution in [0.5, 0.6) is 11.5 Å². The summed E-state index contributed by atoms with van der Waals surface area (Å²) in [5, 5.41) is 4.23. The number of ketones is 1. The van der Waals surface area contributed by atoms with E-state index in [-0.39, 0.29) is 5.41 Å². The normalized spacial score (nSPS) is 14.4. The van der Waals surface area contributed by atoms with Gasteiger partial charge in [0.15, 0.2) is 5.75 Å². The zero-order chi connectivity index (χ0) is 26.6. The first-order valence-corrected chi connectivity index (χ1v) is 13.2. The highest BCUT2D eigenvalue weighted by Crippen LogP contribution is 2.38. The molecule has 1 aliphatic heterocycles. The van der Waals surface area contributed by atoms with Crippen LogP contribution in [0.15, 0.2) is 53.0 Å². The van der Waals surface area contributed by atoms with Crippen molar-refractivity contribution >= 4 is 44.1 Å². The molecule has 1 heterocycles. The van der Waals surface area contributed by atoms with E-state index in [4.69, 9.17) is 14.2 Å². The lowest BCUT2D eigenvalue weighted by atomic mass is 9.86. The summed E-state index contributed by atoms with van der Waals surface area (Å²) in [5.74, 6) is -0.217. The Hall–Kier alpha value is -2.94. The molecule has 0 bridgehead atoms. The summed E-state index contributed by atoms with van der Waals surface area (Å²) in [6.45, 7) is 10.8. The SMILES string of the molecule is COc1c(Br)cc(C(C)(C)C)cc1NC(=O)C(=O)c1ccc(OCCN2CCOCC2)c2ccccc12. The molecule has 1 fully saturated rings. The van der Waals surface area contributed by atoms with Crippen LogP contribution in [-0.2, 0) is 14.9 Å². The second kappa shape index (κ2) is 11.6. The molecular weight excluding hydrogens is 536 g/mol. The maximum Gasteiger partial charge on any atom is 0.296 e. The van der Waals surface area contributed by atoms with Crippen LogP contribution in [0.1, 0.15) is 36.7 Å². The Balaban J connectivity index is 1.56. The van der Waals surface area contributed by atoms with E-state index in [2.05, 4.69) is 46.9 Å². The Labute approximate surface area is 226 Å². The van der Waals surface area contributed by atoms with Crippen molar-refractivity contribution < 1.29 is 23.8 Å². The summed E-state index contributed by atoms with van der Waals surface area (Å²) in [6.07, 6.45) is 0. The fourth-order valence-electron chi connectivity index (χ4n) is 4.33. The Kier molecular flexibility index (Phi) is 8.52. The number of methoxy groups -OCH3 is 1. The van der Waals surface area contributed by atoms with E-state index in [1.165, 1.54) is 7.11 Å². The Bertz CT molecular complexity index is 1300. The van der Waals surface area contributed by atoms with Gasteiger partial charge in [0.25, 0.3) is 11.7 Å². The number of fused-ring (bicyclic) bond motifs is 1. The number of anilines is 1. The number of amides is 1. The molecule has 3 aromatic rings. The van der Waals surface area contributed by atoms with Crippen LogP contribution < -0.4 is 14.8 Å². The van der Waals surface area contributed by atoms with Gasteiger partial charge in [0.2, 0.25) is 0 Å². The van der Waals surface area contributed by atoms with Gasteiger partial charge < -0.3 is 19.5 Å². The number of ether oxygens (including phenoxy) is 3. The summed E-state index contributed by atoms with van der Waals surface area (Å²) in [4.78, 5) is 28.8. The van der Waals surface area contributed by atoms with E-state index in [9.17, 15) is 9.59 Å². The molecule has 37 heavy (non-hydrogen) atoms. The number of halogens is 1. The maximum atomic E-state index is 13.3. The second-order valence-electron chi connectivity index (χ2n) is 10.0. The van der Waals surface area contributed by atoms with Crippen LogP contribution in [0.3, 0.4) is 0 Å². The zero-order valence-electron chi connectivity index (χ0n) is 21.7. The quantitative estimate of drug-likeness (QED) is 0.288. The van der Waals surface area contributed by atoms with Crippen molar-refractivity contribution in [2.75, 3.05) is 51.9 Å². The molecule has 0 radical (unpaired) electrons. The summed E-state index contributed by atoms with van der Waals surface area (Å²) >= 11 is 3.52. The van der Waals surface area contributed by atoms with Gasteiger partial charge in [-0.15, -0.1) is 0 Å². The largest absolute Gasteiger partial charge is 0.493 e. The first kappa shape index (κ1) is 27.1. The average Bonchev–Trinajstić information content (AvgIpc) is 2.88. The number of rotatable bonds is 8. The molecule has 4 rings (SSSR count). The van der Waals surface area contributed by atoms with Crippen LogP contribution in [0.25, 0.3) is 10.8 Å². The van der Waals surface area contributed by atoms with Crippen LogP contribution in [-0.4, -0.2) is 63.2 Å². The Morgan fingerprint density at radius 1 is 1.05 bits per heavy atom. The lowest BCUT2D eigenvalue weighted by Gasteiger charge is -2.26. The molecule has 0 unspecified atom stereocenters. The third kappa shape index (κ3) is 6.32. The molecule has 1 aliphatic rings. The van der Waals surface area contributed by atoms with Crippen LogP contribution in [0.2, 0.25) is 0 Å². The third-order valence-corrected chi connectivity index (χ3v) is 7.05. The minimum absolute atomic E-state index is 0.161. The first-order chi connectivity index (χ1) is 17.7. The molecule has 0 aromatic heterocycles. The van der Waals surface area contributed by atoms with Crippen molar-refractivity contribution in [1.82, 2.24) is 4.90 Å². The van der Waals surface area contributed by atoms with E-state index in [0.717, 1.165) is 43.8 Å². The number of morpholine rings is 1. The molecular formula is C29H33BrN2O5. The molecule has 8 heteroatoms. The minimum Gasteiger partial charge on any atom is -0.493 e. The molecule has 0 atom stereocenters. The van der Waals surface area contributed by atoms with E-state index in [1.807, 2.05) is 36.4 Å². The highest BCUT2D eigenvalue weighted by Gasteiger charge is 2.24. The van der Waals surface area contributed by atoms with Crippen molar-refractivity contribution in [3.63, 3.8) is 0 Å². The highest BCUT2D eigenvalue weighted by molar-refractivity contribution is 9.10. The number of carbonyl (C=O) groups is 2. The average molecular weight is 569 g/mol. The third-order valence-electron chi connectivity index (χ3n) is 6.47. The second-order valence-corrected chi connectivity index (χ2v) is 10.9. The number of hydrogen-bond donors (Lipinski definition) is 1. The van der Waals surface area contributed by atoms with Gasteiger partial charge in [-0.2, -0.15) is 0 Å².